The molecule has 1 aromatic rings. The molecule has 0 aliphatic carbocycles. The van der Waals surface area contributed by atoms with Crippen LogP contribution >= 0.6 is 31.9 Å². The zero-order valence-electron chi connectivity index (χ0n) is 10.2. The molecule has 102 valence electrons. The van der Waals surface area contributed by atoms with Crippen LogP contribution in [0.1, 0.15) is 13.8 Å². The van der Waals surface area contributed by atoms with Crippen LogP contribution in [0.3, 0.4) is 0 Å². The van der Waals surface area contributed by atoms with Gasteiger partial charge in [-0.15, -0.1) is 0 Å². The maximum absolute atomic E-state index is 13.8. The Labute approximate surface area is 124 Å². The molecule has 0 atom stereocenters. The van der Waals surface area contributed by atoms with E-state index in [9.17, 15) is 12.8 Å². The third-order valence-electron chi connectivity index (χ3n) is 2.71. The van der Waals surface area contributed by atoms with Crippen molar-refractivity contribution in [1.82, 2.24) is 4.31 Å². The third kappa shape index (κ3) is 3.12. The highest BCUT2D eigenvalue weighted by Crippen LogP contribution is 2.27. The smallest absolute Gasteiger partial charge is 0.207 e. The summed E-state index contributed by atoms with van der Waals surface area (Å²) in [5.74, 6) is -0.762. The summed E-state index contributed by atoms with van der Waals surface area (Å²) in [6.45, 7) is 3.52. The summed E-state index contributed by atoms with van der Waals surface area (Å²) in [5, 5.41) is 0.452. The monoisotopic (exact) mass is 401 g/mol. The van der Waals surface area contributed by atoms with Crippen molar-refractivity contribution >= 4 is 41.9 Å². The van der Waals surface area contributed by atoms with Gasteiger partial charge in [-0.25, -0.2) is 12.8 Å². The Balaban J connectivity index is 3.30. The molecule has 0 aliphatic rings. The standard InChI is InChI=1S/C11H14Br2FNO2S/c1-11(2,7-12)15(3)18(16,17)10-5-4-8(13)6-9(10)14/h4-6H,7H2,1-3H3. The molecular formula is C11H14Br2FNO2S. The number of hydrogen-bond acceptors (Lipinski definition) is 2. The summed E-state index contributed by atoms with van der Waals surface area (Å²) in [5.41, 5.74) is -0.641. The molecule has 0 unspecified atom stereocenters. The number of hydrogen-bond donors (Lipinski definition) is 0. The fourth-order valence-electron chi connectivity index (χ4n) is 1.24. The predicted molar refractivity (Wildman–Crippen MR) is 76.9 cm³/mol. The lowest BCUT2D eigenvalue weighted by Gasteiger charge is -2.33. The first-order valence-electron chi connectivity index (χ1n) is 5.13. The first-order valence-corrected chi connectivity index (χ1v) is 8.48. The second-order valence-electron chi connectivity index (χ2n) is 4.49. The second kappa shape index (κ2) is 5.56. The lowest BCUT2D eigenvalue weighted by Crippen LogP contribution is -2.46. The molecule has 0 N–H and O–H groups in total. The van der Waals surface area contributed by atoms with E-state index in [2.05, 4.69) is 31.9 Å². The Kier molecular flexibility index (Phi) is 4.97. The fraction of sp³-hybridized carbons (Fsp3) is 0.455. The number of sulfonamides is 1. The SMILES string of the molecule is CN(C(C)(C)CBr)S(=O)(=O)c1ccc(Br)cc1F. The maximum Gasteiger partial charge on any atom is 0.246 e. The zero-order valence-corrected chi connectivity index (χ0v) is 14.2. The summed E-state index contributed by atoms with van der Waals surface area (Å²) >= 11 is 6.36. The number of rotatable bonds is 4. The Morgan fingerprint density at radius 1 is 1.39 bits per heavy atom. The summed E-state index contributed by atoms with van der Waals surface area (Å²) in [7, 11) is -2.41. The van der Waals surface area contributed by atoms with Gasteiger partial charge in [0.15, 0.2) is 0 Å². The molecule has 7 heteroatoms. The van der Waals surface area contributed by atoms with Crippen LogP contribution in [0.4, 0.5) is 4.39 Å². The average molecular weight is 403 g/mol. The van der Waals surface area contributed by atoms with Crippen LogP contribution in [0.15, 0.2) is 27.6 Å². The van der Waals surface area contributed by atoms with Gasteiger partial charge >= 0.3 is 0 Å². The van der Waals surface area contributed by atoms with Gasteiger partial charge in [-0.05, 0) is 32.0 Å². The number of nitrogens with zero attached hydrogens (tertiary/aromatic N) is 1. The summed E-state index contributed by atoms with van der Waals surface area (Å²) in [4.78, 5) is -0.317. The van der Waals surface area contributed by atoms with Crippen molar-refractivity contribution in [3.63, 3.8) is 0 Å². The van der Waals surface area contributed by atoms with Crippen molar-refractivity contribution in [1.29, 1.82) is 0 Å². The predicted octanol–water partition coefficient (Wildman–Crippen LogP) is 3.38. The van der Waals surface area contributed by atoms with Crippen molar-refractivity contribution in [2.24, 2.45) is 0 Å². The van der Waals surface area contributed by atoms with Crippen LogP contribution in [-0.2, 0) is 10.0 Å². The molecule has 0 bridgehead atoms. The van der Waals surface area contributed by atoms with Crippen LogP contribution < -0.4 is 0 Å². The highest BCUT2D eigenvalue weighted by atomic mass is 79.9. The number of benzene rings is 1. The molecule has 1 aromatic carbocycles. The fourth-order valence-corrected chi connectivity index (χ4v) is 3.67. The van der Waals surface area contributed by atoms with Crippen LogP contribution in [0.5, 0.6) is 0 Å². The van der Waals surface area contributed by atoms with Crippen molar-refractivity contribution in [3.8, 4) is 0 Å². The largest absolute Gasteiger partial charge is 0.246 e. The maximum atomic E-state index is 13.8. The minimum Gasteiger partial charge on any atom is -0.207 e. The Hall–Kier alpha value is 0.0200. The second-order valence-corrected chi connectivity index (χ2v) is 7.91. The van der Waals surface area contributed by atoms with E-state index >= 15 is 0 Å². The summed E-state index contributed by atoms with van der Waals surface area (Å²) in [6.07, 6.45) is 0. The van der Waals surface area contributed by atoms with Crippen LogP contribution in [-0.4, -0.2) is 30.6 Å². The summed E-state index contributed by atoms with van der Waals surface area (Å²) < 4.78 is 40.1. The van der Waals surface area contributed by atoms with E-state index in [-0.39, 0.29) is 4.90 Å². The van der Waals surface area contributed by atoms with Gasteiger partial charge in [0.2, 0.25) is 10.0 Å². The average Bonchev–Trinajstić information content (AvgIpc) is 2.27. The highest BCUT2D eigenvalue weighted by Gasteiger charge is 2.34. The third-order valence-corrected chi connectivity index (χ3v) is 6.68. The van der Waals surface area contributed by atoms with Gasteiger partial charge in [-0.3, -0.25) is 0 Å². The van der Waals surface area contributed by atoms with Crippen molar-refractivity contribution in [2.45, 2.75) is 24.3 Å². The van der Waals surface area contributed by atoms with Gasteiger partial charge in [-0.1, -0.05) is 31.9 Å². The summed E-state index contributed by atoms with van der Waals surface area (Å²) in [6, 6.07) is 3.91. The minimum atomic E-state index is -3.85. The van der Waals surface area contributed by atoms with Gasteiger partial charge in [0, 0.05) is 22.4 Å². The molecule has 0 aliphatic heterocycles. The molecule has 0 aromatic heterocycles. The highest BCUT2D eigenvalue weighted by molar-refractivity contribution is 9.10. The van der Waals surface area contributed by atoms with Crippen molar-refractivity contribution in [3.05, 3.63) is 28.5 Å². The lowest BCUT2D eigenvalue weighted by molar-refractivity contribution is 0.298. The molecule has 0 saturated carbocycles. The van der Waals surface area contributed by atoms with Gasteiger partial charge in [-0.2, -0.15) is 4.31 Å². The van der Waals surface area contributed by atoms with Crippen LogP contribution in [0.25, 0.3) is 0 Å². The first-order chi connectivity index (χ1) is 8.13. The molecule has 0 spiro atoms. The quantitative estimate of drug-likeness (QED) is 0.724. The molecule has 0 radical (unpaired) electrons. The molecule has 1 rings (SSSR count). The van der Waals surface area contributed by atoms with Gasteiger partial charge < -0.3 is 0 Å². The van der Waals surface area contributed by atoms with E-state index in [0.29, 0.717) is 9.80 Å². The molecule has 0 amide bonds. The molecule has 0 heterocycles. The van der Waals surface area contributed by atoms with E-state index in [1.807, 2.05) is 0 Å². The van der Waals surface area contributed by atoms with Gasteiger partial charge in [0.05, 0.1) is 0 Å². The minimum absolute atomic E-state index is 0.317. The van der Waals surface area contributed by atoms with Crippen molar-refractivity contribution in [2.75, 3.05) is 12.4 Å². The number of alkyl halides is 1. The van der Waals surface area contributed by atoms with E-state index < -0.39 is 21.4 Å². The van der Waals surface area contributed by atoms with Crippen LogP contribution in [0.2, 0.25) is 0 Å². The molecular weight excluding hydrogens is 389 g/mol. The topological polar surface area (TPSA) is 37.4 Å². The molecule has 3 nitrogen and oxygen atoms in total. The Morgan fingerprint density at radius 2 is 1.94 bits per heavy atom. The Morgan fingerprint density at radius 3 is 2.39 bits per heavy atom. The molecule has 0 fully saturated rings. The van der Waals surface area contributed by atoms with Crippen molar-refractivity contribution < 1.29 is 12.8 Å². The zero-order chi connectivity index (χ0) is 14.1. The van der Waals surface area contributed by atoms with E-state index in [4.69, 9.17) is 0 Å². The Bertz CT molecular complexity index is 546. The van der Waals surface area contributed by atoms with Gasteiger partial charge in [0.1, 0.15) is 10.7 Å². The van der Waals surface area contributed by atoms with Crippen LogP contribution in [0, 0.1) is 5.82 Å². The first kappa shape index (κ1) is 16.1. The van der Waals surface area contributed by atoms with E-state index in [1.54, 1.807) is 13.8 Å². The van der Waals surface area contributed by atoms with E-state index in [0.717, 1.165) is 6.07 Å². The lowest BCUT2D eigenvalue weighted by atomic mass is 10.1. The normalized spacial score (nSPS) is 13.1. The van der Waals surface area contributed by atoms with Gasteiger partial charge in [0.25, 0.3) is 0 Å². The number of halogens is 3. The molecule has 18 heavy (non-hydrogen) atoms. The molecule has 0 saturated heterocycles. The van der Waals surface area contributed by atoms with E-state index in [1.165, 1.54) is 23.5 Å².